The molecule has 1 rings (SSSR count). The minimum atomic E-state index is -1.01. The van der Waals surface area contributed by atoms with Gasteiger partial charge < -0.3 is 10.4 Å². The Balaban J connectivity index is 3.19. The Bertz CT molecular complexity index is 545. The third-order valence-corrected chi connectivity index (χ3v) is 3.88. The third-order valence-electron chi connectivity index (χ3n) is 3.65. The van der Waals surface area contributed by atoms with Crippen LogP contribution in [0.4, 0.5) is 5.69 Å². The van der Waals surface area contributed by atoms with Crippen LogP contribution in [0.25, 0.3) is 0 Å². The second-order valence-electron chi connectivity index (χ2n) is 5.48. The van der Waals surface area contributed by atoms with E-state index in [1.807, 2.05) is 0 Å². The van der Waals surface area contributed by atoms with Crippen LogP contribution in [-0.4, -0.2) is 16.6 Å². The van der Waals surface area contributed by atoms with E-state index >= 15 is 0 Å². The van der Waals surface area contributed by atoms with E-state index in [9.17, 15) is 9.90 Å². The quantitative estimate of drug-likeness (QED) is 0.885. The summed E-state index contributed by atoms with van der Waals surface area (Å²) in [5.41, 5.74) is -0.801. The standard InChI is InChI=1S/C14H17ClN2O2/c1-13(2,12(18)19)14(3,4)17-11-7-10(15)6-5-9(11)8-16/h5-7,17H,1-4H3,(H,18,19). The molecule has 1 aromatic rings. The number of anilines is 1. The van der Waals surface area contributed by atoms with Gasteiger partial charge in [0.25, 0.3) is 0 Å². The summed E-state index contributed by atoms with van der Waals surface area (Å²) in [5.74, 6) is -0.912. The number of carboxylic acid groups (broad SMARTS) is 1. The van der Waals surface area contributed by atoms with E-state index in [1.165, 1.54) is 0 Å². The highest BCUT2D eigenvalue weighted by Crippen LogP contribution is 2.35. The monoisotopic (exact) mass is 280 g/mol. The molecule has 4 nitrogen and oxygen atoms in total. The van der Waals surface area contributed by atoms with E-state index < -0.39 is 16.9 Å². The highest BCUT2D eigenvalue weighted by atomic mass is 35.5. The number of carboxylic acids is 1. The van der Waals surface area contributed by atoms with Crippen LogP contribution < -0.4 is 5.32 Å². The fraction of sp³-hybridized carbons (Fsp3) is 0.429. The molecular formula is C14H17ClN2O2. The SMILES string of the molecule is CC(C)(Nc1cc(Cl)ccc1C#N)C(C)(C)C(=O)O. The van der Waals surface area contributed by atoms with Gasteiger partial charge in [-0.1, -0.05) is 11.6 Å². The van der Waals surface area contributed by atoms with Crippen LogP contribution in [0.1, 0.15) is 33.3 Å². The van der Waals surface area contributed by atoms with Crippen molar-refractivity contribution in [2.75, 3.05) is 5.32 Å². The van der Waals surface area contributed by atoms with Gasteiger partial charge in [-0.15, -0.1) is 0 Å². The van der Waals surface area contributed by atoms with Crippen molar-refractivity contribution in [2.45, 2.75) is 33.2 Å². The average Bonchev–Trinajstić information content (AvgIpc) is 2.28. The first kappa shape index (κ1) is 15.3. The second-order valence-corrected chi connectivity index (χ2v) is 5.92. The molecule has 0 amide bonds. The van der Waals surface area contributed by atoms with E-state index in [0.717, 1.165) is 0 Å². The van der Waals surface area contributed by atoms with Crippen LogP contribution in [0.2, 0.25) is 5.02 Å². The van der Waals surface area contributed by atoms with Gasteiger partial charge in [-0.05, 0) is 45.9 Å². The fourth-order valence-corrected chi connectivity index (χ4v) is 1.65. The van der Waals surface area contributed by atoms with Crippen molar-refractivity contribution < 1.29 is 9.90 Å². The Morgan fingerprint density at radius 1 is 1.37 bits per heavy atom. The molecule has 0 saturated heterocycles. The number of hydrogen-bond donors (Lipinski definition) is 2. The summed E-state index contributed by atoms with van der Waals surface area (Å²) in [6.45, 7) is 6.84. The number of carbonyl (C=O) groups is 1. The Morgan fingerprint density at radius 3 is 2.42 bits per heavy atom. The number of nitrogens with zero attached hydrogens (tertiary/aromatic N) is 1. The molecule has 0 fully saturated rings. The number of rotatable bonds is 4. The molecule has 19 heavy (non-hydrogen) atoms. The summed E-state index contributed by atoms with van der Waals surface area (Å²) in [4.78, 5) is 11.3. The minimum absolute atomic E-state index is 0.429. The van der Waals surface area contributed by atoms with Crippen molar-refractivity contribution in [1.82, 2.24) is 0 Å². The molecule has 0 heterocycles. The molecule has 0 aromatic heterocycles. The molecular weight excluding hydrogens is 264 g/mol. The normalized spacial score (nSPS) is 11.8. The number of aliphatic carboxylic acids is 1. The van der Waals surface area contributed by atoms with E-state index in [-0.39, 0.29) is 0 Å². The number of halogens is 1. The van der Waals surface area contributed by atoms with Crippen molar-refractivity contribution in [3.05, 3.63) is 28.8 Å². The summed E-state index contributed by atoms with van der Waals surface area (Å²) in [6.07, 6.45) is 0. The van der Waals surface area contributed by atoms with Gasteiger partial charge in [0.05, 0.1) is 16.7 Å². The molecule has 0 saturated carbocycles. The van der Waals surface area contributed by atoms with E-state index in [0.29, 0.717) is 16.3 Å². The van der Waals surface area contributed by atoms with Gasteiger partial charge in [-0.2, -0.15) is 5.26 Å². The predicted octanol–water partition coefficient (Wildman–Crippen LogP) is 3.51. The maximum absolute atomic E-state index is 11.3. The summed E-state index contributed by atoms with van der Waals surface area (Å²) >= 11 is 5.91. The summed E-state index contributed by atoms with van der Waals surface area (Å²) in [6, 6.07) is 6.91. The molecule has 0 aliphatic rings. The Labute approximate surface area is 118 Å². The van der Waals surface area contributed by atoms with Crippen LogP contribution >= 0.6 is 11.6 Å². The average molecular weight is 281 g/mol. The highest BCUT2D eigenvalue weighted by Gasteiger charge is 2.43. The molecule has 102 valence electrons. The lowest BCUT2D eigenvalue weighted by molar-refractivity contribution is -0.149. The van der Waals surface area contributed by atoms with E-state index in [2.05, 4.69) is 11.4 Å². The largest absolute Gasteiger partial charge is 0.481 e. The van der Waals surface area contributed by atoms with Gasteiger partial charge >= 0.3 is 5.97 Å². The first-order valence-electron chi connectivity index (χ1n) is 5.83. The van der Waals surface area contributed by atoms with Gasteiger partial charge in [0.15, 0.2) is 0 Å². The number of nitrogens with one attached hydrogen (secondary N) is 1. The Morgan fingerprint density at radius 2 is 1.95 bits per heavy atom. The lowest BCUT2D eigenvalue weighted by Gasteiger charge is -2.39. The summed E-state index contributed by atoms with van der Waals surface area (Å²) in [5, 5.41) is 22.0. The zero-order chi connectivity index (χ0) is 14.8. The molecule has 0 unspecified atom stereocenters. The topological polar surface area (TPSA) is 73.1 Å². The van der Waals surface area contributed by atoms with Gasteiger partial charge in [0, 0.05) is 10.6 Å². The lowest BCUT2D eigenvalue weighted by Crippen LogP contribution is -2.50. The maximum atomic E-state index is 11.3. The van der Waals surface area contributed by atoms with Crippen LogP contribution in [0.15, 0.2) is 18.2 Å². The van der Waals surface area contributed by atoms with Crippen LogP contribution in [0.5, 0.6) is 0 Å². The van der Waals surface area contributed by atoms with Crippen molar-refractivity contribution in [3.8, 4) is 6.07 Å². The highest BCUT2D eigenvalue weighted by molar-refractivity contribution is 6.30. The Kier molecular flexibility index (Phi) is 4.12. The van der Waals surface area contributed by atoms with Gasteiger partial charge in [-0.3, -0.25) is 4.79 Å². The molecule has 0 atom stereocenters. The van der Waals surface area contributed by atoms with Crippen molar-refractivity contribution >= 4 is 23.3 Å². The predicted molar refractivity (Wildman–Crippen MR) is 75.3 cm³/mol. The summed E-state index contributed by atoms with van der Waals surface area (Å²) < 4.78 is 0. The molecule has 0 bridgehead atoms. The smallest absolute Gasteiger partial charge is 0.311 e. The fourth-order valence-electron chi connectivity index (χ4n) is 1.48. The molecule has 5 heteroatoms. The second kappa shape index (κ2) is 5.10. The maximum Gasteiger partial charge on any atom is 0.311 e. The van der Waals surface area contributed by atoms with E-state index in [4.69, 9.17) is 16.9 Å². The minimum Gasteiger partial charge on any atom is -0.481 e. The zero-order valence-corrected chi connectivity index (χ0v) is 12.2. The van der Waals surface area contributed by atoms with Crippen LogP contribution in [0, 0.1) is 16.7 Å². The number of nitriles is 1. The Hall–Kier alpha value is -1.73. The van der Waals surface area contributed by atoms with E-state index in [1.54, 1.807) is 45.9 Å². The molecule has 0 spiro atoms. The number of hydrogen-bond acceptors (Lipinski definition) is 3. The molecule has 0 radical (unpaired) electrons. The van der Waals surface area contributed by atoms with Crippen LogP contribution in [0.3, 0.4) is 0 Å². The molecule has 1 aromatic carbocycles. The zero-order valence-electron chi connectivity index (χ0n) is 11.4. The van der Waals surface area contributed by atoms with Crippen molar-refractivity contribution in [3.63, 3.8) is 0 Å². The molecule has 0 aliphatic heterocycles. The third kappa shape index (κ3) is 2.99. The first-order valence-corrected chi connectivity index (χ1v) is 6.21. The van der Waals surface area contributed by atoms with Crippen molar-refractivity contribution in [2.24, 2.45) is 5.41 Å². The molecule has 2 N–H and O–H groups in total. The lowest BCUT2D eigenvalue weighted by atomic mass is 9.74. The van der Waals surface area contributed by atoms with Crippen molar-refractivity contribution in [1.29, 1.82) is 5.26 Å². The first-order chi connectivity index (χ1) is 8.61. The number of benzene rings is 1. The van der Waals surface area contributed by atoms with Gasteiger partial charge in [0.1, 0.15) is 6.07 Å². The van der Waals surface area contributed by atoms with Crippen LogP contribution in [-0.2, 0) is 4.79 Å². The van der Waals surface area contributed by atoms with Gasteiger partial charge in [0.2, 0.25) is 0 Å². The summed E-state index contributed by atoms with van der Waals surface area (Å²) in [7, 11) is 0. The molecule has 0 aliphatic carbocycles. The van der Waals surface area contributed by atoms with Gasteiger partial charge in [-0.25, -0.2) is 0 Å².